The lowest BCUT2D eigenvalue weighted by molar-refractivity contribution is 0.100. The number of hydrogen-bond acceptors (Lipinski definition) is 3. The quantitative estimate of drug-likeness (QED) is 0.849. The summed E-state index contributed by atoms with van der Waals surface area (Å²) in [5.41, 5.74) is 2.01. The Labute approximate surface area is 115 Å². The van der Waals surface area contributed by atoms with E-state index in [-0.39, 0.29) is 17.3 Å². The number of allylic oxidation sites excluding steroid dienone is 2. The van der Waals surface area contributed by atoms with Gasteiger partial charge in [-0.15, -0.1) is 0 Å². The molecule has 0 aliphatic heterocycles. The van der Waals surface area contributed by atoms with E-state index >= 15 is 0 Å². The van der Waals surface area contributed by atoms with E-state index in [0.29, 0.717) is 28.1 Å². The molecule has 0 amide bonds. The van der Waals surface area contributed by atoms with E-state index in [0.717, 1.165) is 0 Å². The smallest absolute Gasteiger partial charge is 0.195 e. The molecule has 0 unspecified atom stereocenters. The molecule has 1 heterocycles. The van der Waals surface area contributed by atoms with Crippen molar-refractivity contribution in [2.24, 2.45) is 0 Å². The van der Waals surface area contributed by atoms with Crippen LogP contribution in [0.2, 0.25) is 0 Å². The Morgan fingerprint density at radius 3 is 2.35 bits per heavy atom. The SMILES string of the molecule is CC(=O)c1ccc(C2=CC(=O)c3ccccc3C2=O)[nH]1. The number of aromatic amines is 1. The molecule has 4 nitrogen and oxygen atoms in total. The molecule has 0 saturated carbocycles. The molecule has 3 rings (SSSR count). The lowest BCUT2D eigenvalue weighted by atomic mass is 9.88. The topological polar surface area (TPSA) is 67.0 Å². The standard InChI is InChI=1S/C16H11NO3/c1-9(18)13-6-7-14(17-13)12-8-15(19)10-4-2-3-5-11(10)16(12)20/h2-8,17H,1H3. The van der Waals surface area contributed by atoms with Crippen LogP contribution in [-0.2, 0) is 0 Å². The fourth-order valence-corrected chi connectivity index (χ4v) is 2.27. The van der Waals surface area contributed by atoms with Crippen molar-refractivity contribution < 1.29 is 14.4 Å². The van der Waals surface area contributed by atoms with Gasteiger partial charge in [-0.25, -0.2) is 0 Å². The van der Waals surface area contributed by atoms with E-state index in [1.165, 1.54) is 13.0 Å². The Kier molecular flexibility index (Phi) is 2.71. The number of fused-ring (bicyclic) bond motifs is 1. The van der Waals surface area contributed by atoms with Gasteiger partial charge < -0.3 is 4.98 Å². The Bertz CT molecular complexity index is 781. The molecular formula is C16H11NO3. The summed E-state index contributed by atoms with van der Waals surface area (Å²) in [6.07, 6.45) is 1.32. The second kappa shape index (κ2) is 4.42. The van der Waals surface area contributed by atoms with Crippen LogP contribution < -0.4 is 0 Å². The molecule has 1 aromatic heterocycles. The van der Waals surface area contributed by atoms with Crippen LogP contribution in [0.1, 0.15) is 43.8 Å². The van der Waals surface area contributed by atoms with Crippen molar-refractivity contribution in [3.05, 3.63) is 65.0 Å². The Morgan fingerprint density at radius 1 is 1.00 bits per heavy atom. The highest BCUT2D eigenvalue weighted by Crippen LogP contribution is 2.27. The molecule has 0 saturated heterocycles. The van der Waals surface area contributed by atoms with Crippen LogP contribution in [0.15, 0.2) is 42.5 Å². The molecule has 4 heteroatoms. The zero-order chi connectivity index (χ0) is 14.3. The molecule has 1 N–H and O–H groups in total. The minimum atomic E-state index is -0.211. The normalized spacial score (nSPS) is 13.9. The summed E-state index contributed by atoms with van der Waals surface area (Å²) in [6, 6.07) is 9.97. The van der Waals surface area contributed by atoms with Crippen LogP contribution in [0.25, 0.3) is 5.57 Å². The molecular weight excluding hydrogens is 254 g/mol. The van der Waals surface area contributed by atoms with E-state index in [1.807, 2.05) is 0 Å². The summed E-state index contributed by atoms with van der Waals surface area (Å²) >= 11 is 0. The van der Waals surface area contributed by atoms with Crippen LogP contribution in [-0.4, -0.2) is 22.3 Å². The van der Waals surface area contributed by atoms with Crippen LogP contribution >= 0.6 is 0 Å². The second-order valence-electron chi connectivity index (χ2n) is 4.64. The van der Waals surface area contributed by atoms with Crippen molar-refractivity contribution >= 4 is 22.9 Å². The van der Waals surface area contributed by atoms with Gasteiger partial charge in [0, 0.05) is 23.6 Å². The fraction of sp³-hybridized carbons (Fsp3) is 0.0625. The highest BCUT2D eigenvalue weighted by Gasteiger charge is 2.26. The number of carbonyl (C=O) groups excluding carboxylic acids is 3. The van der Waals surface area contributed by atoms with Crippen molar-refractivity contribution in [3.8, 4) is 0 Å². The maximum atomic E-state index is 12.4. The first-order valence-corrected chi connectivity index (χ1v) is 6.18. The van der Waals surface area contributed by atoms with E-state index in [4.69, 9.17) is 0 Å². The van der Waals surface area contributed by atoms with Crippen LogP contribution in [0, 0.1) is 0 Å². The van der Waals surface area contributed by atoms with Crippen molar-refractivity contribution in [2.45, 2.75) is 6.92 Å². The van der Waals surface area contributed by atoms with Crippen LogP contribution in [0.4, 0.5) is 0 Å². The van der Waals surface area contributed by atoms with Gasteiger partial charge in [-0.2, -0.15) is 0 Å². The first-order chi connectivity index (χ1) is 9.58. The third-order valence-electron chi connectivity index (χ3n) is 3.31. The first kappa shape index (κ1) is 12.3. The zero-order valence-corrected chi connectivity index (χ0v) is 10.8. The number of H-pyrrole nitrogens is 1. The van der Waals surface area contributed by atoms with Gasteiger partial charge in [0.15, 0.2) is 17.3 Å². The summed E-state index contributed by atoms with van der Waals surface area (Å²) in [7, 11) is 0. The number of rotatable bonds is 2. The van der Waals surface area contributed by atoms with Gasteiger partial charge >= 0.3 is 0 Å². The summed E-state index contributed by atoms with van der Waals surface area (Å²) in [6.45, 7) is 1.44. The Balaban J connectivity index is 2.09. The van der Waals surface area contributed by atoms with E-state index in [1.54, 1.807) is 36.4 Å². The minimum absolute atomic E-state index is 0.119. The number of carbonyl (C=O) groups is 3. The van der Waals surface area contributed by atoms with Gasteiger partial charge in [0.2, 0.25) is 0 Å². The Morgan fingerprint density at radius 2 is 1.70 bits per heavy atom. The monoisotopic (exact) mass is 265 g/mol. The minimum Gasteiger partial charge on any atom is -0.352 e. The van der Waals surface area contributed by atoms with Crippen molar-refractivity contribution in [3.63, 3.8) is 0 Å². The highest BCUT2D eigenvalue weighted by atomic mass is 16.1. The van der Waals surface area contributed by atoms with E-state index < -0.39 is 0 Å². The summed E-state index contributed by atoms with van der Waals surface area (Å²) in [5, 5.41) is 0. The number of ketones is 3. The van der Waals surface area contributed by atoms with Gasteiger partial charge in [-0.05, 0) is 18.2 Å². The average molecular weight is 265 g/mol. The molecule has 0 bridgehead atoms. The summed E-state index contributed by atoms with van der Waals surface area (Å²) < 4.78 is 0. The third-order valence-corrected chi connectivity index (χ3v) is 3.31. The summed E-state index contributed by atoms with van der Waals surface area (Å²) in [5.74, 6) is -0.529. The Hall–Kier alpha value is -2.75. The molecule has 0 spiro atoms. The predicted molar refractivity (Wildman–Crippen MR) is 73.9 cm³/mol. The molecule has 20 heavy (non-hydrogen) atoms. The third kappa shape index (κ3) is 1.82. The second-order valence-corrected chi connectivity index (χ2v) is 4.64. The van der Waals surface area contributed by atoms with Gasteiger partial charge in [0.1, 0.15) is 0 Å². The highest BCUT2D eigenvalue weighted by molar-refractivity contribution is 6.38. The number of hydrogen-bond donors (Lipinski definition) is 1. The summed E-state index contributed by atoms with van der Waals surface area (Å²) in [4.78, 5) is 38.6. The molecule has 1 aliphatic carbocycles. The molecule has 1 aromatic carbocycles. The van der Waals surface area contributed by atoms with E-state index in [2.05, 4.69) is 4.98 Å². The maximum absolute atomic E-state index is 12.4. The lowest BCUT2D eigenvalue weighted by Gasteiger charge is -2.13. The number of benzene rings is 1. The van der Waals surface area contributed by atoms with Crippen molar-refractivity contribution in [1.29, 1.82) is 0 Å². The van der Waals surface area contributed by atoms with Crippen LogP contribution in [0.3, 0.4) is 0 Å². The largest absolute Gasteiger partial charge is 0.352 e. The van der Waals surface area contributed by atoms with Gasteiger partial charge in [0.05, 0.1) is 11.4 Å². The molecule has 0 fully saturated rings. The van der Waals surface area contributed by atoms with Gasteiger partial charge in [0.25, 0.3) is 0 Å². The molecule has 98 valence electrons. The first-order valence-electron chi connectivity index (χ1n) is 6.18. The van der Waals surface area contributed by atoms with Gasteiger partial charge in [-0.1, -0.05) is 24.3 Å². The number of Topliss-reactive ketones (excluding diaryl/α,β-unsaturated/α-hetero) is 2. The number of nitrogens with one attached hydrogen (secondary N) is 1. The van der Waals surface area contributed by atoms with Gasteiger partial charge in [-0.3, -0.25) is 14.4 Å². The maximum Gasteiger partial charge on any atom is 0.195 e. The number of aromatic nitrogens is 1. The molecule has 0 atom stereocenters. The van der Waals surface area contributed by atoms with Crippen molar-refractivity contribution in [1.82, 2.24) is 4.98 Å². The predicted octanol–water partition coefficient (Wildman–Crippen LogP) is 2.68. The fourth-order valence-electron chi connectivity index (χ4n) is 2.27. The molecule has 0 radical (unpaired) electrons. The van der Waals surface area contributed by atoms with Crippen LogP contribution in [0.5, 0.6) is 0 Å². The molecule has 1 aliphatic rings. The lowest BCUT2D eigenvalue weighted by Crippen LogP contribution is -2.16. The van der Waals surface area contributed by atoms with E-state index in [9.17, 15) is 14.4 Å². The van der Waals surface area contributed by atoms with Crippen molar-refractivity contribution in [2.75, 3.05) is 0 Å². The zero-order valence-electron chi connectivity index (χ0n) is 10.8. The molecule has 2 aromatic rings. The average Bonchev–Trinajstić information content (AvgIpc) is 2.93.